The smallest absolute Gasteiger partial charge is 0.320 e. The molecular formula is C11H12Br2N2O4. The first-order valence-electron chi connectivity index (χ1n) is 5.23. The van der Waals surface area contributed by atoms with Crippen molar-refractivity contribution in [2.45, 2.75) is 18.9 Å². The number of carboxylic acids is 1. The zero-order valence-electron chi connectivity index (χ0n) is 9.69. The first-order chi connectivity index (χ1) is 8.75. The molecule has 1 atom stereocenters. The number of benzene rings is 1. The van der Waals surface area contributed by atoms with E-state index in [0.29, 0.717) is 4.47 Å². The topological polar surface area (TPSA) is 127 Å². The number of hydrogen-bond donors (Lipinski definition) is 4. The van der Waals surface area contributed by atoms with Crippen molar-refractivity contribution in [3.05, 3.63) is 20.6 Å². The normalized spacial score (nSPS) is 12.2. The van der Waals surface area contributed by atoms with Crippen LogP contribution in [0.4, 0.5) is 5.69 Å². The standard InChI is InChI=1S/C11H12Br2N2O4/c12-4-3-6(15)8(9(13)10(4)17)7(16)2-1-5(14)11(18)19/h3,5,17H,1-2,14-15H2,(H,18,19). The number of Topliss-reactive ketones (excluding diaryl/α,β-unsaturated/α-hetero) is 1. The molecule has 0 spiro atoms. The van der Waals surface area contributed by atoms with Gasteiger partial charge in [-0.15, -0.1) is 0 Å². The van der Waals surface area contributed by atoms with Crippen LogP contribution in [-0.2, 0) is 4.79 Å². The van der Waals surface area contributed by atoms with Gasteiger partial charge in [-0.25, -0.2) is 0 Å². The molecule has 8 heteroatoms. The molecule has 0 radical (unpaired) electrons. The van der Waals surface area contributed by atoms with Crippen LogP contribution in [0.1, 0.15) is 23.2 Å². The molecule has 0 aliphatic carbocycles. The highest BCUT2D eigenvalue weighted by Gasteiger charge is 2.21. The van der Waals surface area contributed by atoms with E-state index in [1.54, 1.807) is 0 Å². The summed E-state index contributed by atoms with van der Waals surface area (Å²) in [5, 5.41) is 18.3. The molecule has 0 aliphatic heterocycles. The van der Waals surface area contributed by atoms with Crippen LogP contribution in [0.5, 0.6) is 5.75 Å². The average Bonchev–Trinajstić information content (AvgIpc) is 2.33. The van der Waals surface area contributed by atoms with Gasteiger partial charge in [0.2, 0.25) is 0 Å². The summed E-state index contributed by atoms with van der Waals surface area (Å²) in [7, 11) is 0. The summed E-state index contributed by atoms with van der Waals surface area (Å²) >= 11 is 6.18. The van der Waals surface area contributed by atoms with Gasteiger partial charge in [0.15, 0.2) is 5.78 Å². The number of hydrogen-bond acceptors (Lipinski definition) is 5. The van der Waals surface area contributed by atoms with Gasteiger partial charge in [-0.05, 0) is 44.3 Å². The van der Waals surface area contributed by atoms with Gasteiger partial charge in [0.05, 0.1) is 14.5 Å². The maximum atomic E-state index is 12.0. The highest BCUT2D eigenvalue weighted by molar-refractivity contribution is 9.11. The molecule has 0 aliphatic rings. The van der Waals surface area contributed by atoms with Crippen molar-refractivity contribution < 1.29 is 19.8 Å². The number of carboxylic acid groups (broad SMARTS) is 1. The molecular weight excluding hydrogens is 384 g/mol. The van der Waals surface area contributed by atoms with Crippen LogP contribution in [0, 0.1) is 0 Å². The quantitative estimate of drug-likeness (QED) is 0.342. The van der Waals surface area contributed by atoms with E-state index in [4.69, 9.17) is 16.6 Å². The second kappa shape index (κ2) is 6.36. The Balaban J connectivity index is 2.95. The summed E-state index contributed by atoms with van der Waals surface area (Å²) in [6.07, 6.45) is -0.0752. The van der Waals surface area contributed by atoms with E-state index >= 15 is 0 Å². The lowest BCUT2D eigenvalue weighted by molar-refractivity contribution is -0.138. The summed E-state index contributed by atoms with van der Waals surface area (Å²) < 4.78 is 0.531. The number of nitrogens with two attached hydrogens (primary N) is 2. The number of phenolic OH excluding ortho intramolecular Hbond substituents is 1. The highest BCUT2D eigenvalue weighted by Crippen LogP contribution is 2.39. The van der Waals surface area contributed by atoms with Crippen LogP contribution in [0.25, 0.3) is 0 Å². The molecule has 1 aromatic rings. The van der Waals surface area contributed by atoms with Crippen molar-refractivity contribution in [2.75, 3.05) is 5.73 Å². The Morgan fingerprint density at radius 1 is 1.37 bits per heavy atom. The van der Waals surface area contributed by atoms with Crippen LogP contribution in [0.2, 0.25) is 0 Å². The maximum absolute atomic E-state index is 12.0. The number of ketones is 1. The number of anilines is 1. The molecule has 1 rings (SSSR count). The lowest BCUT2D eigenvalue weighted by Crippen LogP contribution is -2.30. The Kier molecular flexibility index (Phi) is 5.33. The Bertz CT molecular complexity index is 534. The Labute approximate surface area is 126 Å². The molecule has 6 N–H and O–H groups in total. The van der Waals surface area contributed by atoms with Gasteiger partial charge in [-0.3, -0.25) is 9.59 Å². The molecule has 0 heterocycles. The third kappa shape index (κ3) is 3.68. The van der Waals surface area contributed by atoms with Gasteiger partial charge in [0, 0.05) is 12.1 Å². The van der Waals surface area contributed by atoms with Crippen LogP contribution in [0.15, 0.2) is 15.0 Å². The van der Waals surface area contributed by atoms with Gasteiger partial charge in [-0.2, -0.15) is 0 Å². The van der Waals surface area contributed by atoms with Crippen LogP contribution in [-0.4, -0.2) is 28.0 Å². The minimum absolute atomic E-state index is 0.00310. The van der Waals surface area contributed by atoms with Gasteiger partial charge in [0.1, 0.15) is 11.8 Å². The fraction of sp³-hybridized carbons (Fsp3) is 0.273. The molecule has 1 unspecified atom stereocenters. The van der Waals surface area contributed by atoms with E-state index in [-0.39, 0.29) is 40.1 Å². The molecule has 0 aromatic heterocycles. The first-order valence-corrected chi connectivity index (χ1v) is 6.82. The molecule has 19 heavy (non-hydrogen) atoms. The molecule has 0 saturated carbocycles. The zero-order chi connectivity index (χ0) is 14.7. The lowest BCUT2D eigenvalue weighted by Gasteiger charge is -2.11. The third-order valence-electron chi connectivity index (χ3n) is 2.50. The number of aliphatic carboxylic acids is 1. The SMILES string of the molecule is Nc1cc(Br)c(O)c(Br)c1C(=O)CCC(N)C(=O)O. The van der Waals surface area contributed by atoms with Gasteiger partial charge in [-0.1, -0.05) is 0 Å². The first kappa shape index (κ1) is 15.9. The highest BCUT2D eigenvalue weighted by atomic mass is 79.9. The van der Waals surface area contributed by atoms with E-state index in [2.05, 4.69) is 31.9 Å². The molecule has 0 amide bonds. The Morgan fingerprint density at radius 3 is 2.47 bits per heavy atom. The molecule has 6 nitrogen and oxygen atoms in total. The molecule has 0 saturated heterocycles. The van der Waals surface area contributed by atoms with E-state index < -0.39 is 12.0 Å². The predicted molar refractivity (Wildman–Crippen MR) is 77.1 cm³/mol. The van der Waals surface area contributed by atoms with Crippen molar-refractivity contribution in [3.8, 4) is 5.75 Å². The second-order valence-corrected chi connectivity index (χ2v) is 5.54. The summed E-state index contributed by atoms with van der Waals surface area (Å²) in [6, 6.07) is 0.303. The number of phenols is 1. The number of rotatable bonds is 5. The summed E-state index contributed by atoms with van der Waals surface area (Å²) in [6.45, 7) is 0. The zero-order valence-corrected chi connectivity index (χ0v) is 12.9. The van der Waals surface area contributed by atoms with E-state index in [9.17, 15) is 14.7 Å². The monoisotopic (exact) mass is 394 g/mol. The van der Waals surface area contributed by atoms with Gasteiger partial charge >= 0.3 is 5.97 Å². The average molecular weight is 396 g/mol. The fourth-order valence-corrected chi connectivity index (χ4v) is 2.82. The van der Waals surface area contributed by atoms with Gasteiger partial charge in [0.25, 0.3) is 0 Å². The molecule has 104 valence electrons. The number of halogens is 2. The predicted octanol–water partition coefficient (Wildman–Crippen LogP) is 1.87. The molecule has 1 aromatic carbocycles. The van der Waals surface area contributed by atoms with Crippen LogP contribution < -0.4 is 11.5 Å². The number of aromatic hydroxyl groups is 1. The minimum atomic E-state index is -1.17. The van der Waals surface area contributed by atoms with Crippen molar-refractivity contribution in [1.29, 1.82) is 0 Å². The number of nitrogen functional groups attached to an aromatic ring is 1. The van der Waals surface area contributed by atoms with E-state index in [0.717, 1.165) is 0 Å². The Hall–Kier alpha value is -1.12. The van der Waals surface area contributed by atoms with E-state index in [1.165, 1.54) is 6.07 Å². The lowest BCUT2D eigenvalue weighted by atomic mass is 10.0. The van der Waals surface area contributed by atoms with E-state index in [1.807, 2.05) is 0 Å². The summed E-state index contributed by atoms with van der Waals surface area (Å²) in [5.41, 5.74) is 11.3. The van der Waals surface area contributed by atoms with Gasteiger partial charge < -0.3 is 21.7 Å². The van der Waals surface area contributed by atoms with Crippen LogP contribution in [0.3, 0.4) is 0 Å². The maximum Gasteiger partial charge on any atom is 0.320 e. The number of carbonyl (C=O) groups is 2. The molecule has 0 bridgehead atoms. The second-order valence-electron chi connectivity index (χ2n) is 3.89. The molecule has 0 fully saturated rings. The summed E-state index contributed by atoms with van der Waals surface area (Å²) in [4.78, 5) is 22.6. The van der Waals surface area contributed by atoms with Crippen molar-refractivity contribution in [3.63, 3.8) is 0 Å². The Morgan fingerprint density at radius 2 is 1.95 bits per heavy atom. The minimum Gasteiger partial charge on any atom is -0.506 e. The van der Waals surface area contributed by atoms with Crippen LogP contribution >= 0.6 is 31.9 Å². The van der Waals surface area contributed by atoms with Crippen molar-refractivity contribution in [1.82, 2.24) is 0 Å². The van der Waals surface area contributed by atoms with Crippen molar-refractivity contribution >= 4 is 49.3 Å². The largest absolute Gasteiger partial charge is 0.506 e. The van der Waals surface area contributed by atoms with Crippen molar-refractivity contribution in [2.24, 2.45) is 5.73 Å². The summed E-state index contributed by atoms with van der Waals surface area (Å²) in [5.74, 6) is -1.69. The third-order valence-corrected chi connectivity index (χ3v) is 3.88. The number of carbonyl (C=O) groups excluding carboxylic acids is 1. The fourth-order valence-electron chi connectivity index (χ4n) is 1.45.